The van der Waals surface area contributed by atoms with Gasteiger partial charge in [0.1, 0.15) is 18.4 Å². The molecule has 4 nitrogen and oxygen atoms in total. The second-order valence-corrected chi connectivity index (χ2v) is 8.60. The Bertz CT molecular complexity index is 1320. The molecule has 0 fully saturated rings. The Morgan fingerprint density at radius 3 is 2.26 bits per heavy atom. The molecule has 5 rings (SSSR count). The van der Waals surface area contributed by atoms with E-state index in [1.165, 1.54) is 0 Å². The summed E-state index contributed by atoms with van der Waals surface area (Å²) in [6.07, 6.45) is 0.475. The number of amides is 1. The van der Waals surface area contributed by atoms with E-state index in [-0.39, 0.29) is 5.91 Å². The van der Waals surface area contributed by atoms with Crippen LogP contribution in [-0.4, -0.2) is 17.7 Å². The second-order valence-electron chi connectivity index (χ2n) is 8.16. The number of nitrogens with zero attached hydrogens (tertiary/aromatic N) is 1. The van der Waals surface area contributed by atoms with Crippen molar-refractivity contribution in [1.82, 2.24) is 0 Å². The third-order valence-electron chi connectivity index (χ3n) is 5.73. The fourth-order valence-corrected chi connectivity index (χ4v) is 4.14. The molecule has 0 saturated heterocycles. The molecule has 0 bridgehead atoms. The molecular formula is C29H23ClN2O2. The van der Waals surface area contributed by atoms with Crippen molar-refractivity contribution in [3.8, 4) is 5.75 Å². The Hall–Kier alpha value is -3.89. The first-order valence-electron chi connectivity index (χ1n) is 11.2. The Kier molecular flexibility index (Phi) is 6.41. The van der Waals surface area contributed by atoms with Crippen molar-refractivity contribution in [2.45, 2.75) is 19.1 Å². The highest BCUT2D eigenvalue weighted by Gasteiger charge is 2.26. The molecule has 5 heteroatoms. The Morgan fingerprint density at radius 1 is 0.824 bits per heavy atom. The molecule has 0 radical (unpaired) electrons. The third kappa shape index (κ3) is 5.03. The smallest absolute Gasteiger partial charge is 0.249 e. The zero-order valence-corrected chi connectivity index (χ0v) is 19.2. The minimum atomic E-state index is -0.572. The Morgan fingerprint density at radius 2 is 1.53 bits per heavy atom. The van der Waals surface area contributed by atoms with Gasteiger partial charge in [-0.2, -0.15) is 0 Å². The van der Waals surface area contributed by atoms with E-state index in [2.05, 4.69) is 5.32 Å². The summed E-state index contributed by atoms with van der Waals surface area (Å²) in [5, 5.41) is 3.63. The molecule has 0 aromatic heterocycles. The maximum atomic E-state index is 13.1. The van der Waals surface area contributed by atoms with Gasteiger partial charge in [-0.15, -0.1) is 0 Å². The number of fused-ring (bicyclic) bond motifs is 1. The number of ether oxygens (including phenoxy) is 1. The first-order valence-corrected chi connectivity index (χ1v) is 11.5. The number of nitrogens with one attached hydrogen (secondary N) is 1. The average Bonchev–Trinajstić information content (AvgIpc) is 3.01. The summed E-state index contributed by atoms with van der Waals surface area (Å²) in [7, 11) is 0. The molecule has 4 aromatic rings. The van der Waals surface area contributed by atoms with Gasteiger partial charge < -0.3 is 10.1 Å². The van der Waals surface area contributed by atoms with Crippen LogP contribution in [0.1, 0.15) is 22.3 Å². The van der Waals surface area contributed by atoms with Crippen LogP contribution in [-0.2, 0) is 17.8 Å². The maximum Gasteiger partial charge on any atom is 0.249 e. The van der Waals surface area contributed by atoms with Crippen molar-refractivity contribution in [1.29, 1.82) is 0 Å². The summed E-state index contributed by atoms with van der Waals surface area (Å²) in [4.78, 5) is 18.0. The number of benzene rings is 4. The van der Waals surface area contributed by atoms with E-state index in [1.807, 2.05) is 97.1 Å². The van der Waals surface area contributed by atoms with Crippen LogP contribution in [0.15, 0.2) is 108 Å². The number of anilines is 1. The summed E-state index contributed by atoms with van der Waals surface area (Å²) < 4.78 is 5.89. The molecule has 1 N–H and O–H groups in total. The predicted molar refractivity (Wildman–Crippen MR) is 137 cm³/mol. The molecule has 1 unspecified atom stereocenters. The molecule has 1 aliphatic heterocycles. The van der Waals surface area contributed by atoms with Crippen LogP contribution >= 0.6 is 11.6 Å². The van der Waals surface area contributed by atoms with Gasteiger partial charge in [-0.05, 0) is 41.5 Å². The summed E-state index contributed by atoms with van der Waals surface area (Å²) in [5.74, 6) is 0.646. The summed E-state index contributed by atoms with van der Waals surface area (Å²) in [6.45, 7) is 0.511. The Balaban J connectivity index is 1.39. The lowest BCUT2D eigenvalue weighted by atomic mass is 10.0. The van der Waals surface area contributed by atoms with Gasteiger partial charge in [-0.25, -0.2) is 0 Å². The minimum Gasteiger partial charge on any atom is -0.489 e. The number of halogens is 1. The molecule has 1 heterocycles. The zero-order valence-electron chi connectivity index (χ0n) is 18.4. The van der Waals surface area contributed by atoms with Crippen LogP contribution in [0.3, 0.4) is 0 Å². The van der Waals surface area contributed by atoms with Gasteiger partial charge in [0, 0.05) is 22.6 Å². The fraction of sp³-hybridized carbons (Fsp3) is 0.103. The van der Waals surface area contributed by atoms with Crippen LogP contribution in [0.5, 0.6) is 5.75 Å². The highest BCUT2D eigenvalue weighted by Crippen LogP contribution is 2.28. The number of carbonyl (C=O) groups excluding carboxylic acids is 1. The average molecular weight is 467 g/mol. The standard InChI is InChI=1S/C29H23ClN2O2/c30-23-13-16-26-25(18-23)28(22-9-5-2-6-10-22)31-27(29(33)32-26)17-20-11-14-24(15-12-20)34-19-21-7-3-1-4-8-21/h1-16,18,27H,17,19H2,(H,32,33). The molecule has 1 aliphatic rings. The van der Waals surface area contributed by atoms with E-state index < -0.39 is 6.04 Å². The summed E-state index contributed by atoms with van der Waals surface area (Å²) in [6, 6.07) is 32.6. The number of hydrogen-bond acceptors (Lipinski definition) is 3. The largest absolute Gasteiger partial charge is 0.489 e. The van der Waals surface area contributed by atoms with Crippen molar-refractivity contribution < 1.29 is 9.53 Å². The van der Waals surface area contributed by atoms with Crippen LogP contribution in [0.2, 0.25) is 5.02 Å². The second kappa shape index (κ2) is 9.94. The van der Waals surface area contributed by atoms with E-state index >= 15 is 0 Å². The van der Waals surface area contributed by atoms with Crippen LogP contribution in [0.4, 0.5) is 5.69 Å². The molecular weight excluding hydrogens is 444 g/mol. The number of benzodiazepines with no additional fused rings is 1. The molecule has 168 valence electrons. The summed E-state index contributed by atoms with van der Waals surface area (Å²) >= 11 is 6.29. The molecule has 1 atom stereocenters. The van der Waals surface area contributed by atoms with Crippen LogP contribution in [0.25, 0.3) is 0 Å². The quantitative estimate of drug-likeness (QED) is 0.361. The number of aliphatic imine (C=N–C) groups is 1. The van der Waals surface area contributed by atoms with Crippen LogP contribution < -0.4 is 10.1 Å². The highest BCUT2D eigenvalue weighted by atomic mass is 35.5. The Labute approximate surface area is 203 Å². The third-order valence-corrected chi connectivity index (χ3v) is 5.97. The molecule has 4 aromatic carbocycles. The number of rotatable bonds is 6. The van der Waals surface area contributed by atoms with Crippen molar-refractivity contribution in [2.75, 3.05) is 5.32 Å². The summed E-state index contributed by atoms with van der Waals surface area (Å²) in [5.41, 5.74) is 5.35. The minimum absolute atomic E-state index is 0.140. The fourth-order valence-electron chi connectivity index (χ4n) is 3.97. The van der Waals surface area contributed by atoms with E-state index in [0.717, 1.165) is 33.7 Å². The first kappa shape index (κ1) is 21.9. The van der Waals surface area contributed by atoms with Gasteiger partial charge in [0.15, 0.2) is 0 Å². The molecule has 0 spiro atoms. The van der Waals surface area contributed by atoms with E-state index in [0.29, 0.717) is 23.7 Å². The van der Waals surface area contributed by atoms with Crippen molar-refractivity contribution in [3.63, 3.8) is 0 Å². The lowest BCUT2D eigenvalue weighted by Gasteiger charge is -2.12. The molecule has 0 saturated carbocycles. The lowest BCUT2D eigenvalue weighted by Crippen LogP contribution is -2.27. The normalized spacial score (nSPS) is 15.0. The van der Waals surface area contributed by atoms with Gasteiger partial charge in [-0.3, -0.25) is 9.79 Å². The SMILES string of the molecule is O=C1Nc2ccc(Cl)cc2C(c2ccccc2)=NC1Cc1ccc(OCc2ccccc2)cc1. The van der Waals surface area contributed by atoms with Gasteiger partial charge in [0.2, 0.25) is 5.91 Å². The van der Waals surface area contributed by atoms with Crippen molar-refractivity contribution in [3.05, 3.63) is 130 Å². The maximum absolute atomic E-state index is 13.1. The van der Waals surface area contributed by atoms with Gasteiger partial charge in [0.25, 0.3) is 0 Å². The lowest BCUT2D eigenvalue weighted by molar-refractivity contribution is -0.117. The predicted octanol–water partition coefficient (Wildman–Crippen LogP) is 6.32. The first-order chi connectivity index (χ1) is 16.7. The van der Waals surface area contributed by atoms with E-state index in [9.17, 15) is 4.79 Å². The molecule has 0 aliphatic carbocycles. The molecule has 1 amide bonds. The van der Waals surface area contributed by atoms with Crippen LogP contribution in [0, 0.1) is 0 Å². The topological polar surface area (TPSA) is 50.7 Å². The monoisotopic (exact) mass is 466 g/mol. The molecule has 34 heavy (non-hydrogen) atoms. The number of hydrogen-bond donors (Lipinski definition) is 1. The zero-order chi connectivity index (χ0) is 23.3. The van der Waals surface area contributed by atoms with Crippen molar-refractivity contribution in [2.24, 2.45) is 4.99 Å². The van der Waals surface area contributed by atoms with Gasteiger partial charge in [-0.1, -0.05) is 84.4 Å². The van der Waals surface area contributed by atoms with Gasteiger partial charge >= 0.3 is 0 Å². The highest BCUT2D eigenvalue weighted by molar-refractivity contribution is 6.32. The van der Waals surface area contributed by atoms with Crippen molar-refractivity contribution >= 4 is 28.9 Å². The van der Waals surface area contributed by atoms with E-state index in [4.69, 9.17) is 21.3 Å². The van der Waals surface area contributed by atoms with Gasteiger partial charge in [0.05, 0.1) is 11.4 Å². The number of carbonyl (C=O) groups is 1. The van der Waals surface area contributed by atoms with E-state index in [1.54, 1.807) is 6.07 Å².